The number of hydrogen-bond acceptors (Lipinski definition) is 5. The highest BCUT2D eigenvalue weighted by molar-refractivity contribution is 4.89. The summed E-state index contributed by atoms with van der Waals surface area (Å²) in [4.78, 5) is 2.10. The molecule has 2 heterocycles. The molecule has 88 valence electrons. The summed E-state index contributed by atoms with van der Waals surface area (Å²) in [5.74, 6) is 0.626. The number of nitrogens with one attached hydrogen (secondary N) is 1. The van der Waals surface area contributed by atoms with Gasteiger partial charge < -0.3 is 20.6 Å². The van der Waals surface area contributed by atoms with Gasteiger partial charge in [0.05, 0.1) is 18.8 Å². The van der Waals surface area contributed by atoms with Crippen LogP contribution in [-0.2, 0) is 0 Å². The Hall–Kier alpha value is -0.200. The summed E-state index contributed by atoms with van der Waals surface area (Å²) < 4.78 is 0. The molecule has 4 N–H and O–H groups in total. The average Bonchev–Trinajstić information content (AvgIpc) is 2.16. The molecule has 0 saturated carbocycles. The molecule has 0 aliphatic carbocycles. The number of piperidine rings is 1. The van der Waals surface area contributed by atoms with Crippen LogP contribution in [0.4, 0.5) is 0 Å². The lowest BCUT2D eigenvalue weighted by Crippen LogP contribution is -2.58. The van der Waals surface area contributed by atoms with E-state index < -0.39 is 12.2 Å². The second-order valence-corrected chi connectivity index (χ2v) is 4.68. The van der Waals surface area contributed by atoms with Gasteiger partial charge in [0.1, 0.15) is 0 Å². The summed E-state index contributed by atoms with van der Waals surface area (Å²) in [5.41, 5.74) is 0. The molecule has 0 radical (unpaired) electrons. The SMILES string of the molecule is OC[C@H]1CC(O)[C@@H](O)CN1CC1CNC1. The standard InChI is InChI=1S/C10H20N2O3/c13-6-8-1-9(14)10(15)5-12(8)4-7-2-11-3-7/h7-11,13-15H,1-6H2/t8-,9?,10+/m1/s1. The van der Waals surface area contributed by atoms with Gasteiger partial charge in [-0.05, 0) is 12.3 Å². The third-order valence-electron chi connectivity index (χ3n) is 3.47. The fourth-order valence-electron chi connectivity index (χ4n) is 2.32. The monoisotopic (exact) mass is 216 g/mol. The predicted molar refractivity (Wildman–Crippen MR) is 55.4 cm³/mol. The van der Waals surface area contributed by atoms with Crippen molar-refractivity contribution in [3.8, 4) is 0 Å². The van der Waals surface area contributed by atoms with Gasteiger partial charge in [-0.1, -0.05) is 0 Å². The van der Waals surface area contributed by atoms with E-state index in [1.807, 2.05) is 0 Å². The summed E-state index contributed by atoms with van der Waals surface area (Å²) in [6, 6.07) is 0.00370. The van der Waals surface area contributed by atoms with Gasteiger partial charge in [-0.3, -0.25) is 4.90 Å². The average molecular weight is 216 g/mol. The first-order valence-corrected chi connectivity index (χ1v) is 5.62. The van der Waals surface area contributed by atoms with Crippen molar-refractivity contribution in [1.82, 2.24) is 10.2 Å². The zero-order valence-electron chi connectivity index (χ0n) is 8.84. The van der Waals surface area contributed by atoms with Gasteiger partial charge in [0.2, 0.25) is 0 Å². The molecule has 0 amide bonds. The molecule has 2 aliphatic heterocycles. The Morgan fingerprint density at radius 2 is 1.93 bits per heavy atom. The Labute approximate surface area is 89.7 Å². The van der Waals surface area contributed by atoms with Gasteiger partial charge >= 0.3 is 0 Å². The summed E-state index contributed by atoms with van der Waals surface area (Å²) in [7, 11) is 0. The van der Waals surface area contributed by atoms with E-state index in [1.54, 1.807) is 0 Å². The highest BCUT2D eigenvalue weighted by atomic mass is 16.3. The molecule has 2 saturated heterocycles. The van der Waals surface area contributed by atoms with Crippen molar-refractivity contribution in [1.29, 1.82) is 0 Å². The van der Waals surface area contributed by atoms with E-state index in [0.29, 0.717) is 18.9 Å². The first-order valence-electron chi connectivity index (χ1n) is 5.62. The zero-order chi connectivity index (χ0) is 10.8. The number of aliphatic hydroxyl groups excluding tert-OH is 3. The van der Waals surface area contributed by atoms with E-state index in [0.717, 1.165) is 19.6 Å². The molecular formula is C10H20N2O3. The Balaban J connectivity index is 1.88. The Kier molecular flexibility index (Phi) is 3.58. The molecule has 5 nitrogen and oxygen atoms in total. The normalized spacial score (nSPS) is 39.0. The maximum absolute atomic E-state index is 9.58. The number of aliphatic hydroxyl groups is 3. The van der Waals surface area contributed by atoms with Gasteiger partial charge in [0.15, 0.2) is 0 Å². The minimum absolute atomic E-state index is 0.00370. The third-order valence-corrected chi connectivity index (χ3v) is 3.47. The molecule has 0 aromatic carbocycles. The minimum atomic E-state index is -0.682. The van der Waals surface area contributed by atoms with Crippen LogP contribution in [-0.4, -0.2) is 71.3 Å². The zero-order valence-corrected chi connectivity index (χ0v) is 8.84. The second kappa shape index (κ2) is 4.76. The van der Waals surface area contributed by atoms with Gasteiger partial charge in [-0.25, -0.2) is 0 Å². The van der Waals surface area contributed by atoms with Crippen LogP contribution in [0.25, 0.3) is 0 Å². The molecule has 1 unspecified atom stereocenters. The first kappa shape index (κ1) is 11.3. The van der Waals surface area contributed by atoms with E-state index in [2.05, 4.69) is 10.2 Å². The lowest BCUT2D eigenvalue weighted by Gasteiger charge is -2.43. The number of β-amino-alcohol motifs (C(OH)–C–C–N with tert-alkyl or cyclic N) is 1. The molecule has 0 bridgehead atoms. The van der Waals surface area contributed by atoms with E-state index in [-0.39, 0.29) is 12.6 Å². The molecular weight excluding hydrogens is 196 g/mol. The topological polar surface area (TPSA) is 76.0 Å². The van der Waals surface area contributed by atoms with Crippen LogP contribution in [0.5, 0.6) is 0 Å². The molecule has 2 fully saturated rings. The van der Waals surface area contributed by atoms with Crippen molar-refractivity contribution < 1.29 is 15.3 Å². The van der Waals surface area contributed by atoms with Crippen LogP contribution >= 0.6 is 0 Å². The van der Waals surface area contributed by atoms with Crippen molar-refractivity contribution in [2.75, 3.05) is 32.8 Å². The van der Waals surface area contributed by atoms with Gasteiger partial charge in [0, 0.05) is 32.2 Å². The smallest absolute Gasteiger partial charge is 0.0926 e. The van der Waals surface area contributed by atoms with Gasteiger partial charge in [-0.2, -0.15) is 0 Å². The van der Waals surface area contributed by atoms with E-state index in [1.165, 1.54) is 0 Å². The largest absolute Gasteiger partial charge is 0.395 e. The molecule has 0 aromatic heterocycles. The van der Waals surface area contributed by atoms with Crippen molar-refractivity contribution in [2.24, 2.45) is 5.92 Å². The van der Waals surface area contributed by atoms with Crippen molar-refractivity contribution in [3.63, 3.8) is 0 Å². The molecule has 0 aromatic rings. The summed E-state index contributed by atoms with van der Waals surface area (Å²) in [6.45, 7) is 3.48. The predicted octanol–water partition coefficient (Wildman–Crippen LogP) is -2.01. The summed E-state index contributed by atoms with van der Waals surface area (Å²) in [5, 5.41) is 31.5. The molecule has 2 aliphatic rings. The number of rotatable bonds is 3. The summed E-state index contributed by atoms with van der Waals surface area (Å²) >= 11 is 0. The highest BCUT2D eigenvalue weighted by Crippen LogP contribution is 2.20. The Morgan fingerprint density at radius 3 is 2.47 bits per heavy atom. The lowest BCUT2D eigenvalue weighted by molar-refractivity contribution is -0.0761. The quantitative estimate of drug-likeness (QED) is 0.439. The number of nitrogens with zero attached hydrogens (tertiary/aromatic N) is 1. The number of hydrogen-bond donors (Lipinski definition) is 4. The minimum Gasteiger partial charge on any atom is -0.395 e. The van der Waals surface area contributed by atoms with Crippen LogP contribution < -0.4 is 5.32 Å². The van der Waals surface area contributed by atoms with Crippen molar-refractivity contribution in [2.45, 2.75) is 24.7 Å². The van der Waals surface area contributed by atoms with Crippen LogP contribution in [0, 0.1) is 5.92 Å². The number of likely N-dealkylation sites (tertiary alicyclic amines) is 1. The molecule has 15 heavy (non-hydrogen) atoms. The second-order valence-electron chi connectivity index (χ2n) is 4.68. The fourth-order valence-corrected chi connectivity index (χ4v) is 2.32. The van der Waals surface area contributed by atoms with Crippen LogP contribution in [0.15, 0.2) is 0 Å². The highest BCUT2D eigenvalue weighted by Gasteiger charge is 2.34. The van der Waals surface area contributed by atoms with E-state index in [4.69, 9.17) is 0 Å². The lowest BCUT2D eigenvalue weighted by atomic mass is 9.94. The molecule has 0 spiro atoms. The Morgan fingerprint density at radius 1 is 1.20 bits per heavy atom. The van der Waals surface area contributed by atoms with E-state index >= 15 is 0 Å². The Bertz CT molecular complexity index is 209. The van der Waals surface area contributed by atoms with Gasteiger partial charge in [0.25, 0.3) is 0 Å². The maximum atomic E-state index is 9.58. The first-order chi connectivity index (χ1) is 7.20. The molecule has 3 atom stereocenters. The third kappa shape index (κ3) is 2.49. The van der Waals surface area contributed by atoms with Crippen molar-refractivity contribution in [3.05, 3.63) is 0 Å². The van der Waals surface area contributed by atoms with E-state index in [9.17, 15) is 15.3 Å². The molecule has 5 heteroatoms. The van der Waals surface area contributed by atoms with Crippen LogP contribution in [0.3, 0.4) is 0 Å². The van der Waals surface area contributed by atoms with Crippen LogP contribution in [0.2, 0.25) is 0 Å². The van der Waals surface area contributed by atoms with Crippen molar-refractivity contribution >= 4 is 0 Å². The molecule has 2 rings (SSSR count). The van der Waals surface area contributed by atoms with Crippen LogP contribution in [0.1, 0.15) is 6.42 Å². The van der Waals surface area contributed by atoms with Gasteiger partial charge in [-0.15, -0.1) is 0 Å². The summed E-state index contributed by atoms with van der Waals surface area (Å²) in [6.07, 6.45) is -0.878. The maximum Gasteiger partial charge on any atom is 0.0926 e. The fraction of sp³-hybridized carbons (Fsp3) is 1.00.